The number of rotatable bonds is 75. The molecule has 0 bridgehead atoms. The van der Waals surface area contributed by atoms with E-state index in [1.165, 1.54) is 109 Å². The highest BCUT2D eigenvalue weighted by atomic mass is 31.2. The summed E-state index contributed by atoms with van der Waals surface area (Å²) in [7, 11) is -9.97. The molecule has 0 rings (SSSR count). The molecule has 0 saturated carbocycles. The Labute approximate surface area is 608 Å². The summed E-state index contributed by atoms with van der Waals surface area (Å²) in [6.07, 6.45) is 75.6. The Balaban J connectivity index is 5.40. The van der Waals surface area contributed by atoms with Gasteiger partial charge >= 0.3 is 39.5 Å². The van der Waals surface area contributed by atoms with E-state index in [0.717, 1.165) is 154 Å². The molecule has 0 aliphatic rings. The highest BCUT2D eigenvalue weighted by molar-refractivity contribution is 7.47. The van der Waals surface area contributed by atoms with Gasteiger partial charge in [0, 0.05) is 25.7 Å². The Kier molecular flexibility index (Phi) is 70.8. The van der Waals surface area contributed by atoms with Crippen LogP contribution >= 0.6 is 15.6 Å². The molecule has 0 aliphatic carbocycles. The minimum Gasteiger partial charge on any atom is -0.462 e. The van der Waals surface area contributed by atoms with E-state index in [-0.39, 0.29) is 25.7 Å². The van der Waals surface area contributed by atoms with Crippen molar-refractivity contribution in [1.82, 2.24) is 0 Å². The second-order valence-corrected chi connectivity index (χ2v) is 29.5. The van der Waals surface area contributed by atoms with Crippen molar-refractivity contribution in [1.29, 1.82) is 0 Å². The number of aliphatic hydroxyl groups is 1. The number of unbranched alkanes of at least 4 members (excludes halogenated alkanes) is 35. The molecule has 580 valence electrons. The molecule has 0 saturated heterocycles. The first kappa shape index (κ1) is 96.2. The van der Waals surface area contributed by atoms with Crippen LogP contribution in [0.3, 0.4) is 0 Å². The second kappa shape index (κ2) is 73.5. The van der Waals surface area contributed by atoms with Crippen molar-refractivity contribution in [2.24, 2.45) is 0 Å². The molecule has 3 N–H and O–H groups in total. The van der Waals surface area contributed by atoms with Crippen LogP contribution in [-0.2, 0) is 65.4 Å². The van der Waals surface area contributed by atoms with Gasteiger partial charge in [0.25, 0.3) is 0 Å². The molecule has 0 aromatic carbocycles. The molecule has 0 amide bonds. The molecule has 100 heavy (non-hydrogen) atoms. The number of aliphatic hydroxyl groups excluding tert-OH is 1. The number of ether oxygens (including phenoxy) is 4. The third kappa shape index (κ3) is 72.6. The highest BCUT2D eigenvalue weighted by Gasteiger charge is 2.30. The van der Waals surface area contributed by atoms with Gasteiger partial charge in [-0.25, -0.2) is 9.13 Å². The predicted octanol–water partition coefficient (Wildman–Crippen LogP) is 23.0. The average molecular weight is 1450 g/mol. The standard InChI is InChI=1S/C81H144O17P2/c1-5-9-13-17-21-25-29-33-36-37-40-44-48-52-56-60-64-68-81(86)98-77(72-92-79(84)66-62-58-54-50-46-42-38-34-30-26-22-18-14-10-6-2)74-96-100(89,90)94-70-75(82)69-93-99(87,88)95-73-76(71-91-78(83)65-61-57-53-49-45-41-32-28-24-20-16-12-8-4)97-80(85)67-63-59-55-51-47-43-39-35-31-27-23-19-15-11-7-3/h21,25-28,30-33,36,40,44,52,56,75-77,82H,5-20,22-24,29,34-35,37-39,41-43,45-51,53-55,57-74H2,1-4H3,(H,87,88)(H,89,90)/b25-21-,30-26-,31-27-,32-28-,36-33-,44-40-,56-52-/t75-,76+,77+/m0/s1. The number of esters is 4. The van der Waals surface area contributed by atoms with Crippen molar-refractivity contribution in [2.45, 2.75) is 367 Å². The van der Waals surface area contributed by atoms with Crippen LogP contribution in [0.25, 0.3) is 0 Å². The van der Waals surface area contributed by atoms with Crippen LogP contribution in [-0.4, -0.2) is 96.7 Å². The maximum absolute atomic E-state index is 13.1. The van der Waals surface area contributed by atoms with Crippen LogP contribution in [0.4, 0.5) is 0 Å². The van der Waals surface area contributed by atoms with E-state index in [9.17, 15) is 43.2 Å². The van der Waals surface area contributed by atoms with Gasteiger partial charge in [-0.3, -0.25) is 37.3 Å². The molecular weight excluding hydrogens is 1310 g/mol. The van der Waals surface area contributed by atoms with E-state index in [4.69, 9.17) is 37.0 Å². The van der Waals surface area contributed by atoms with Crippen LogP contribution in [0.5, 0.6) is 0 Å². The molecule has 2 unspecified atom stereocenters. The van der Waals surface area contributed by atoms with E-state index >= 15 is 0 Å². The number of phosphoric acid groups is 2. The smallest absolute Gasteiger partial charge is 0.462 e. The Bertz CT molecular complexity index is 2230. The molecule has 19 heteroatoms. The Morgan fingerprint density at radius 2 is 0.500 bits per heavy atom. The van der Waals surface area contributed by atoms with E-state index in [1.54, 1.807) is 0 Å². The number of carbonyl (C=O) groups is 4. The first-order valence-corrected chi connectivity index (χ1v) is 42.8. The minimum atomic E-state index is -4.99. The largest absolute Gasteiger partial charge is 0.472 e. The van der Waals surface area contributed by atoms with Gasteiger partial charge in [-0.15, -0.1) is 0 Å². The molecule has 5 atom stereocenters. The molecular formula is C81H144O17P2. The van der Waals surface area contributed by atoms with E-state index in [1.807, 2.05) is 12.2 Å². The molecule has 0 aromatic rings. The SMILES string of the molecule is CCCCC/C=C\C/C=C\C/C=C\C/C=C\CCCC(=O)O[C@H](COC(=O)CCCCCCCCC/C=C\CCCCCC)COP(=O)(O)OC[C@@H](O)COP(=O)(O)OC[C@@H](COC(=O)CCCCCCC/C=C\CCCCCC)OC(=O)CCCCCCCCC/C=C\CCCCCC. The van der Waals surface area contributed by atoms with Crippen LogP contribution in [0, 0.1) is 0 Å². The van der Waals surface area contributed by atoms with Gasteiger partial charge in [-0.2, -0.15) is 0 Å². The Morgan fingerprint density at radius 3 is 0.820 bits per heavy atom. The summed E-state index contributed by atoms with van der Waals surface area (Å²) in [5.74, 6) is -2.24. The van der Waals surface area contributed by atoms with Gasteiger partial charge in [0.2, 0.25) is 0 Å². The fourth-order valence-corrected chi connectivity index (χ4v) is 12.2. The zero-order valence-electron chi connectivity index (χ0n) is 63.4. The lowest BCUT2D eigenvalue weighted by molar-refractivity contribution is -0.161. The van der Waals surface area contributed by atoms with Gasteiger partial charge in [0.05, 0.1) is 26.4 Å². The summed E-state index contributed by atoms with van der Waals surface area (Å²) in [6.45, 7) is 4.77. The third-order valence-electron chi connectivity index (χ3n) is 16.8. The van der Waals surface area contributed by atoms with Crippen LogP contribution in [0.1, 0.15) is 349 Å². The molecule has 17 nitrogen and oxygen atoms in total. The summed E-state index contributed by atoms with van der Waals surface area (Å²) < 4.78 is 68.5. The fraction of sp³-hybridized carbons (Fsp3) is 0.778. The predicted molar refractivity (Wildman–Crippen MR) is 409 cm³/mol. The molecule has 0 fully saturated rings. The maximum atomic E-state index is 13.1. The molecule has 0 aliphatic heterocycles. The van der Waals surface area contributed by atoms with Gasteiger partial charge in [0.15, 0.2) is 12.2 Å². The summed E-state index contributed by atoms with van der Waals surface area (Å²) in [5.41, 5.74) is 0. The average Bonchev–Trinajstić information content (AvgIpc) is 1.22. The Morgan fingerprint density at radius 1 is 0.280 bits per heavy atom. The molecule has 0 radical (unpaired) electrons. The van der Waals surface area contributed by atoms with Crippen molar-refractivity contribution < 1.29 is 80.2 Å². The fourth-order valence-electron chi connectivity index (χ4n) is 10.7. The number of hydrogen-bond acceptors (Lipinski definition) is 15. The Hall–Kier alpha value is -3.76. The molecule has 0 spiro atoms. The lowest BCUT2D eigenvalue weighted by atomic mass is 10.1. The van der Waals surface area contributed by atoms with Crippen LogP contribution in [0.2, 0.25) is 0 Å². The van der Waals surface area contributed by atoms with Crippen LogP contribution < -0.4 is 0 Å². The lowest BCUT2D eigenvalue weighted by Gasteiger charge is -2.21. The van der Waals surface area contributed by atoms with E-state index in [0.29, 0.717) is 32.1 Å². The first-order valence-electron chi connectivity index (χ1n) is 39.8. The topological polar surface area (TPSA) is 237 Å². The van der Waals surface area contributed by atoms with E-state index in [2.05, 4.69) is 101 Å². The summed E-state index contributed by atoms with van der Waals surface area (Å²) in [5, 5.41) is 10.6. The third-order valence-corrected chi connectivity index (χ3v) is 18.7. The minimum absolute atomic E-state index is 0.0199. The summed E-state index contributed by atoms with van der Waals surface area (Å²) in [6, 6.07) is 0. The second-order valence-electron chi connectivity index (χ2n) is 26.6. The maximum Gasteiger partial charge on any atom is 0.472 e. The van der Waals surface area contributed by atoms with Crippen molar-refractivity contribution in [2.75, 3.05) is 39.6 Å². The van der Waals surface area contributed by atoms with E-state index < -0.39 is 97.5 Å². The van der Waals surface area contributed by atoms with Crippen molar-refractivity contribution in [3.63, 3.8) is 0 Å². The molecule has 0 heterocycles. The lowest BCUT2D eigenvalue weighted by Crippen LogP contribution is -2.30. The van der Waals surface area contributed by atoms with Gasteiger partial charge in [-0.1, -0.05) is 267 Å². The number of carbonyl (C=O) groups excluding carboxylic acids is 4. The number of allylic oxidation sites excluding steroid dienone is 14. The zero-order valence-corrected chi connectivity index (χ0v) is 65.2. The number of hydrogen-bond donors (Lipinski definition) is 3. The highest BCUT2D eigenvalue weighted by Crippen LogP contribution is 2.45. The monoisotopic (exact) mass is 1450 g/mol. The normalized spacial score (nSPS) is 14.3. The van der Waals surface area contributed by atoms with Gasteiger partial charge in [0.1, 0.15) is 19.3 Å². The molecule has 0 aromatic heterocycles. The van der Waals surface area contributed by atoms with Crippen molar-refractivity contribution >= 4 is 39.5 Å². The summed E-state index contributed by atoms with van der Waals surface area (Å²) in [4.78, 5) is 72.9. The quantitative estimate of drug-likeness (QED) is 0.0169. The zero-order chi connectivity index (χ0) is 73.2. The van der Waals surface area contributed by atoms with Gasteiger partial charge in [-0.05, 0) is 141 Å². The summed E-state index contributed by atoms with van der Waals surface area (Å²) >= 11 is 0. The van der Waals surface area contributed by atoms with Crippen molar-refractivity contribution in [3.8, 4) is 0 Å². The first-order chi connectivity index (χ1) is 48.7. The van der Waals surface area contributed by atoms with Crippen LogP contribution in [0.15, 0.2) is 85.1 Å². The van der Waals surface area contributed by atoms with Gasteiger partial charge < -0.3 is 33.8 Å². The van der Waals surface area contributed by atoms with Crippen molar-refractivity contribution in [3.05, 3.63) is 85.1 Å². The number of phosphoric ester groups is 2.